The van der Waals surface area contributed by atoms with Gasteiger partial charge in [-0.25, -0.2) is 0 Å². The highest BCUT2D eigenvalue weighted by atomic mass is 14.9. The molecule has 0 unspecified atom stereocenters. The number of rotatable bonds is 6. The zero-order valence-electron chi connectivity index (χ0n) is 16.3. The SMILES string of the molecule is CC(/C=C(\C)Nc1ccccc1C(C)C)=Nc1ccccc1C(C)C. The Morgan fingerprint density at radius 1 is 0.840 bits per heavy atom. The maximum absolute atomic E-state index is 4.82. The maximum Gasteiger partial charge on any atom is 0.0667 e. The van der Waals surface area contributed by atoms with Crippen LogP contribution in [0.2, 0.25) is 0 Å². The summed E-state index contributed by atoms with van der Waals surface area (Å²) in [7, 11) is 0. The Morgan fingerprint density at radius 2 is 1.40 bits per heavy atom. The number of aliphatic imine (C=N–C) groups is 1. The van der Waals surface area contributed by atoms with Gasteiger partial charge in [0.05, 0.1) is 5.69 Å². The predicted molar refractivity (Wildman–Crippen MR) is 111 cm³/mol. The smallest absolute Gasteiger partial charge is 0.0667 e. The number of hydrogen-bond donors (Lipinski definition) is 1. The van der Waals surface area contributed by atoms with Gasteiger partial charge in [0, 0.05) is 17.1 Å². The van der Waals surface area contributed by atoms with Crippen LogP contribution in [0.3, 0.4) is 0 Å². The van der Waals surface area contributed by atoms with Gasteiger partial charge in [0.25, 0.3) is 0 Å². The van der Waals surface area contributed by atoms with E-state index in [1.165, 1.54) is 16.8 Å². The molecule has 1 N–H and O–H groups in total. The van der Waals surface area contributed by atoms with Gasteiger partial charge in [-0.1, -0.05) is 64.1 Å². The molecule has 0 fully saturated rings. The van der Waals surface area contributed by atoms with Gasteiger partial charge < -0.3 is 5.32 Å². The van der Waals surface area contributed by atoms with Crippen molar-refractivity contribution in [1.82, 2.24) is 0 Å². The fourth-order valence-electron chi connectivity index (χ4n) is 2.98. The van der Waals surface area contributed by atoms with E-state index in [0.29, 0.717) is 11.8 Å². The lowest BCUT2D eigenvalue weighted by molar-refractivity contribution is 0.867. The molecule has 0 amide bonds. The highest BCUT2D eigenvalue weighted by molar-refractivity contribution is 5.95. The zero-order valence-corrected chi connectivity index (χ0v) is 16.3. The van der Waals surface area contributed by atoms with Crippen molar-refractivity contribution in [2.45, 2.75) is 53.4 Å². The van der Waals surface area contributed by atoms with Crippen molar-refractivity contribution in [3.63, 3.8) is 0 Å². The minimum atomic E-state index is 0.467. The lowest BCUT2D eigenvalue weighted by Gasteiger charge is -2.15. The lowest BCUT2D eigenvalue weighted by Crippen LogP contribution is -2.02. The van der Waals surface area contributed by atoms with E-state index in [-0.39, 0.29) is 0 Å². The van der Waals surface area contributed by atoms with E-state index in [9.17, 15) is 0 Å². The molecule has 0 saturated heterocycles. The Hall–Kier alpha value is -2.35. The molecule has 2 aromatic carbocycles. The normalized spacial score (nSPS) is 12.8. The fourth-order valence-corrected chi connectivity index (χ4v) is 2.98. The van der Waals surface area contributed by atoms with E-state index in [0.717, 1.165) is 17.1 Å². The van der Waals surface area contributed by atoms with Crippen molar-refractivity contribution in [2.75, 3.05) is 5.32 Å². The van der Waals surface area contributed by atoms with Gasteiger partial charge in [0.2, 0.25) is 0 Å². The molecule has 0 atom stereocenters. The Morgan fingerprint density at radius 3 is 2.04 bits per heavy atom. The van der Waals surface area contributed by atoms with Gasteiger partial charge in [-0.15, -0.1) is 0 Å². The van der Waals surface area contributed by atoms with Crippen LogP contribution in [0.5, 0.6) is 0 Å². The van der Waals surface area contributed by atoms with Gasteiger partial charge in [-0.05, 0) is 55.0 Å². The molecular formula is C23H30N2. The molecule has 25 heavy (non-hydrogen) atoms. The molecule has 0 aliphatic rings. The molecule has 0 aliphatic carbocycles. The zero-order chi connectivity index (χ0) is 18.4. The molecule has 0 saturated carbocycles. The van der Waals surface area contributed by atoms with Crippen molar-refractivity contribution >= 4 is 17.1 Å². The minimum absolute atomic E-state index is 0.467. The number of benzene rings is 2. The van der Waals surface area contributed by atoms with Crippen molar-refractivity contribution in [2.24, 2.45) is 4.99 Å². The van der Waals surface area contributed by atoms with E-state index >= 15 is 0 Å². The van der Waals surface area contributed by atoms with Crippen LogP contribution in [0.15, 0.2) is 65.3 Å². The fraction of sp³-hybridized carbons (Fsp3) is 0.348. The Balaban J connectivity index is 2.23. The van der Waals surface area contributed by atoms with Crippen LogP contribution in [0.1, 0.15) is 64.5 Å². The molecule has 2 aromatic rings. The van der Waals surface area contributed by atoms with Gasteiger partial charge in [0.15, 0.2) is 0 Å². The summed E-state index contributed by atoms with van der Waals surface area (Å²) in [6.45, 7) is 13.0. The third-order valence-electron chi connectivity index (χ3n) is 4.20. The second kappa shape index (κ2) is 8.66. The van der Waals surface area contributed by atoms with Crippen molar-refractivity contribution in [1.29, 1.82) is 0 Å². The largest absolute Gasteiger partial charge is 0.359 e. The Bertz CT molecular complexity index is 767. The number of nitrogens with one attached hydrogen (secondary N) is 1. The van der Waals surface area contributed by atoms with Gasteiger partial charge in [-0.2, -0.15) is 0 Å². The average Bonchev–Trinajstić information content (AvgIpc) is 2.55. The molecule has 0 bridgehead atoms. The highest BCUT2D eigenvalue weighted by Gasteiger charge is 2.07. The number of para-hydroxylation sites is 2. The Kier molecular flexibility index (Phi) is 6.58. The van der Waals surface area contributed by atoms with Crippen molar-refractivity contribution in [3.8, 4) is 0 Å². The van der Waals surface area contributed by atoms with E-state index in [1.807, 2.05) is 6.07 Å². The third-order valence-corrected chi connectivity index (χ3v) is 4.20. The first-order chi connectivity index (χ1) is 11.9. The Labute approximate surface area is 152 Å². The number of hydrogen-bond acceptors (Lipinski definition) is 2. The molecule has 0 radical (unpaired) electrons. The van der Waals surface area contributed by atoms with Crippen LogP contribution in [-0.2, 0) is 0 Å². The van der Waals surface area contributed by atoms with Gasteiger partial charge in [0.1, 0.15) is 0 Å². The average molecular weight is 335 g/mol. The van der Waals surface area contributed by atoms with Gasteiger partial charge >= 0.3 is 0 Å². The van der Waals surface area contributed by atoms with E-state index in [4.69, 9.17) is 4.99 Å². The highest BCUT2D eigenvalue weighted by Crippen LogP contribution is 2.27. The summed E-state index contributed by atoms with van der Waals surface area (Å²) < 4.78 is 0. The first-order valence-electron chi connectivity index (χ1n) is 9.07. The van der Waals surface area contributed by atoms with Crippen LogP contribution in [-0.4, -0.2) is 5.71 Å². The van der Waals surface area contributed by atoms with Crippen molar-refractivity contribution < 1.29 is 0 Å². The third kappa shape index (κ3) is 5.32. The van der Waals surface area contributed by atoms with Crippen LogP contribution < -0.4 is 5.32 Å². The monoisotopic (exact) mass is 334 g/mol. The summed E-state index contributed by atoms with van der Waals surface area (Å²) in [6.07, 6.45) is 2.11. The van der Waals surface area contributed by atoms with Crippen LogP contribution in [0.25, 0.3) is 0 Å². The lowest BCUT2D eigenvalue weighted by atomic mass is 10.0. The molecule has 132 valence electrons. The molecule has 2 nitrogen and oxygen atoms in total. The standard InChI is InChI=1S/C23H30N2/c1-16(2)20-11-7-9-13-22(20)24-18(5)15-19(6)25-23-14-10-8-12-21(23)17(3)4/h7-17,24H,1-6H3/b18-15+,25-19?. The van der Waals surface area contributed by atoms with E-state index in [1.54, 1.807) is 0 Å². The van der Waals surface area contributed by atoms with E-state index in [2.05, 4.69) is 95.4 Å². The maximum atomic E-state index is 4.82. The summed E-state index contributed by atoms with van der Waals surface area (Å²) >= 11 is 0. The van der Waals surface area contributed by atoms with Crippen LogP contribution in [0.4, 0.5) is 11.4 Å². The predicted octanol–water partition coefficient (Wildman–Crippen LogP) is 7.04. The molecule has 0 heterocycles. The van der Waals surface area contributed by atoms with Crippen molar-refractivity contribution in [3.05, 3.63) is 71.4 Å². The molecule has 2 rings (SSSR count). The summed E-state index contributed by atoms with van der Waals surface area (Å²) in [5, 5.41) is 3.53. The summed E-state index contributed by atoms with van der Waals surface area (Å²) in [6, 6.07) is 16.8. The molecular weight excluding hydrogens is 304 g/mol. The molecule has 0 aromatic heterocycles. The minimum Gasteiger partial charge on any atom is -0.359 e. The van der Waals surface area contributed by atoms with Gasteiger partial charge in [-0.3, -0.25) is 4.99 Å². The number of anilines is 1. The number of nitrogens with zero attached hydrogens (tertiary/aromatic N) is 1. The summed E-state index contributed by atoms with van der Waals surface area (Å²) in [4.78, 5) is 4.82. The first kappa shape index (κ1) is 19.0. The van der Waals surface area contributed by atoms with Crippen LogP contribution in [0, 0.1) is 0 Å². The molecule has 0 spiro atoms. The van der Waals surface area contributed by atoms with E-state index < -0.39 is 0 Å². The molecule has 0 aliphatic heterocycles. The van der Waals surface area contributed by atoms with Crippen LogP contribution >= 0.6 is 0 Å². The quantitative estimate of drug-likeness (QED) is 0.563. The first-order valence-corrected chi connectivity index (χ1v) is 9.07. The summed E-state index contributed by atoms with van der Waals surface area (Å²) in [5.41, 5.74) is 6.93. The molecule has 2 heteroatoms. The topological polar surface area (TPSA) is 24.4 Å². The second-order valence-corrected chi connectivity index (χ2v) is 7.16. The number of allylic oxidation sites excluding steroid dienone is 2. The second-order valence-electron chi connectivity index (χ2n) is 7.16. The summed E-state index contributed by atoms with van der Waals surface area (Å²) in [5.74, 6) is 0.957.